The largest absolute Gasteiger partial charge is 0.342 e. The van der Waals surface area contributed by atoms with Crippen LogP contribution < -0.4 is 10.6 Å². The van der Waals surface area contributed by atoms with Gasteiger partial charge in [-0.25, -0.2) is 4.39 Å². The molecular weight excluding hydrogens is 453 g/mol. The minimum atomic E-state index is -0.497. The number of aromatic nitrogens is 3. The number of amides is 2. The molecule has 3 rings (SSSR count). The fraction of sp³-hybridized carbons (Fsp3) is 0.280. The molecule has 0 spiro atoms. The van der Waals surface area contributed by atoms with Gasteiger partial charge in [-0.2, -0.15) is 0 Å². The van der Waals surface area contributed by atoms with E-state index in [2.05, 4.69) is 41.3 Å². The number of para-hydroxylation sites is 1. The molecule has 1 heterocycles. The van der Waals surface area contributed by atoms with Gasteiger partial charge in [-0.05, 0) is 36.6 Å². The average molecular weight is 482 g/mol. The summed E-state index contributed by atoms with van der Waals surface area (Å²) in [7, 11) is 0. The van der Waals surface area contributed by atoms with Crippen LogP contribution in [0, 0.1) is 11.7 Å². The van der Waals surface area contributed by atoms with E-state index < -0.39 is 5.82 Å². The Balaban J connectivity index is 1.76. The van der Waals surface area contributed by atoms with E-state index in [0.717, 1.165) is 0 Å². The number of allylic oxidation sites excluding steroid dienone is 1. The number of hydrogen-bond acceptors (Lipinski definition) is 5. The Labute approximate surface area is 202 Å². The average Bonchev–Trinajstić information content (AvgIpc) is 3.22. The summed E-state index contributed by atoms with van der Waals surface area (Å²) in [5, 5.41) is 14.8. The van der Waals surface area contributed by atoms with Gasteiger partial charge in [0.25, 0.3) is 5.91 Å². The van der Waals surface area contributed by atoms with Crippen LogP contribution in [-0.4, -0.2) is 32.3 Å². The SMILES string of the molecule is C=CCn1c(SCC(=O)Nc2ccccc2F)nnc1C(CC(C)C)NC(=O)c1ccccc1. The monoisotopic (exact) mass is 481 g/mol. The van der Waals surface area contributed by atoms with Gasteiger partial charge in [0.1, 0.15) is 5.82 Å². The smallest absolute Gasteiger partial charge is 0.251 e. The van der Waals surface area contributed by atoms with Crippen molar-refractivity contribution in [3.05, 3.63) is 84.5 Å². The Morgan fingerprint density at radius 2 is 1.82 bits per heavy atom. The highest BCUT2D eigenvalue weighted by atomic mass is 32.2. The molecule has 9 heteroatoms. The van der Waals surface area contributed by atoms with Gasteiger partial charge in [0, 0.05) is 12.1 Å². The van der Waals surface area contributed by atoms with Crippen molar-refractivity contribution in [3.63, 3.8) is 0 Å². The van der Waals surface area contributed by atoms with Gasteiger partial charge >= 0.3 is 0 Å². The van der Waals surface area contributed by atoms with Crippen LogP contribution in [0.5, 0.6) is 0 Å². The molecular formula is C25H28FN5O2S. The van der Waals surface area contributed by atoms with Gasteiger partial charge in [-0.15, -0.1) is 16.8 Å². The van der Waals surface area contributed by atoms with E-state index in [1.165, 1.54) is 23.9 Å². The number of thioether (sulfide) groups is 1. The molecule has 0 radical (unpaired) electrons. The van der Waals surface area contributed by atoms with Crippen LogP contribution in [0.1, 0.15) is 42.5 Å². The molecule has 0 aliphatic rings. The van der Waals surface area contributed by atoms with Gasteiger partial charge in [-0.1, -0.05) is 62.0 Å². The van der Waals surface area contributed by atoms with Crippen LogP contribution in [0.2, 0.25) is 0 Å². The number of halogens is 1. The van der Waals surface area contributed by atoms with Gasteiger partial charge < -0.3 is 15.2 Å². The van der Waals surface area contributed by atoms with E-state index >= 15 is 0 Å². The minimum Gasteiger partial charge on any atom is -0.342 e. The first kappa shape index (κ1) is 25.2. The van der Waals surface area contributed by atoms with E-state index in [-0.39, 0.29) is 35.2 Å². The van der Waals surface area contributed by atoms with Crippen molar-refractivity contribution in [2.45, 2.75) is 38.0 Å². The number of carbonyl (C=O) groups excluding carboxylic acids is 2. The zero-order valence-corrected chi connectivity index (χ0v) is 20.0. The van der Waals surface area contributed by atoms with Crippen molar-refractivity contribution < 1.29 is 14.0 Å². The van der Waals surface area contributed by atoms with Crippen molar-refractivity contribution in [1.82, 2.24) is 20.1 Å². The van der Waals surface area contributed by atoms with Gasteiger partial charge in [0.2, 0.25) is 5.91 Å². The maximum Gasteiger partial charge on any atom is 0.251 e. The van der Waals surface area contributed by atoms with Crippen molar-refractivity contribution in [1.29, 1.82) is 0 Å². The zero-order chi connectivity index (χ0) is 24.5. The van der Waals surface area contributed by atoms with Crippen LogP contribution in [0.15, 0.2) is 72.4 Å². The normalized spacial score (nSPS) is 11.8. The van der Waals surface area contributed by atoms with Crippen LogP contribution in [0.25, 0.3) is 0 Å². The fourth-order valence-corrected chi connectivity index (χ4v) is 4.13. The molecule has 2 N–H and O–H groups in total. The first-order chi connectivity index (χ1) is 16.4. The Bertz CT molecular complexity index is 1130. The summed E-state index contributed by atoms with van der Waals surface area (Å²) in [4.78, 5) is 25.2. The predicted octanol–water partition coefficient (Wildman–Crippen LogP) is 4.85. The summed E-state index contributed by atoms with van der Waals surface area (Å²) >= 11 is 1.19. The van der Waals surface area contributed by atoms with Crippen molar-refractivity contribution >= 4 is 29.3 Å². The molecule has 0 aliphatic heterocycles. The number of nitrogens with zero attached hydrogens (tertiary/aromatic N) is 3. The number of hydrogen-bond donors (Lipinski definition) is 2. The van der Waals surface area contributed by atoms with E-state index in [0.29, 0.717) is 29.5 Å². The topological polar surface area (TPSA) is 88.9 Å². The molecule has 178 valence electrons. The maximum atomic E-state index is 13.8. The maximum absolute atomic E-state index is 13.8. The summed E-state index contributed by atoms with van der Waals surface area (Å²) in [6, 6.07) is 14.6. The number of benzene rings is 2. The standard InChI is InChI=1S/C25H28FN5O2S/c1-4-14-31-23(21(15-17(2)3)28-24(33)18-10-6-5-7-11-18)29-30-25(31)34-16-22(32)27-20-13-9-8-12-19(20)26/h4-13,17,21H,1,14-16H2,2-3H3,(H,27,32)(H,28,33). The van der Waals surface area contributed by atoms with Crippen LogP contribution in [0.4, 0.5) is 10.1 Å². The molecule has 2 aromatic carbocycles. The number of anilines is 1. The molecule has 0 fully saturated rings. The molecule has 1 aromatic heterocycles. The summed E-state index contributed by atoms with van der Waals surface area (Å²) in [5.41, 5.74) is 0.687. The molecule has 2 amide bonds. The number of nitrogens with one attached hydrogen (secondary N) is 2. The highest BCUT2D eigenvalue weighted by molar-refractivity contribution is 7.99. The molecule has 1 atom stereocenters. The van der Waals surface area contributed by atoms with E-state index in [9.17, 15) is 14.0 Å². The molecule has 0 aliphatic carbocycles. The quantitative estimate of drug-likeness (QED) is 0.302. The second kappa shape index (κ2) is 12.1. The Kier molecular flexibility index (Phi) is 8.98. The minimum absolute atomic E-state index is 0.0227. The summed E-state index contributed by atoms with van der Waals surface area (Å²) in [6.07, 6.45) is 2.37. The second-order valence-electron chi connectivity index (χ2n) is 8.08. The molecule has 3 aromatic rings. The Morgan fingerprint density at radius 3 is 2.50 bits per heavy atom. The van der Waals surface area contributed by atoms with Gasteiger partial charge in [-0.3, -0.25) is 9.59 Å². The van der Waals surface area contributed by atoms with Crippen LogP contribution in [0.3, 0.4) is 0 Å². The van der Waals surface area contributed by atoms with Crippen molar-refractivity contribution in [3.8, 4) is 0 Å². The lowest BCUT2D eigenvalue weighted by atomic mass is 10.0. The van der Waals surface area contributed by atoms with Crippen molar-refractivity contribution in [2.24, 2.45) is 5.92 Å². The van der Waals surface area contributed by atoms with E-state index in [1.54, 1.807) is 30.3 Å². The first-order valence-electron chi connectivity index (χ1n) is 11.0. The Hall–Kier alpha value is -3.46. The van der Waals surface area contributed by atoms with Gasteiger partial charge in [0.15, 0.2) is 11.0 Å². The van der Waals surface area contributed by atoms with E-state index in [1.807, 2.05) is 22.8 Å². The lowest BCUT2D eigenvalue weighted by molar-refractivity contribution is -0.113. The number of rotatable bonds is 11. The number of carbonyl (C=O) groups is 2. The summed E-state index contributed by atoms with van der Waals surface area (Å²) in [6.45, 7) is 8.36. The van der Waals surface area contributed by atoms with Crippen molar-refractivity contribution in [2.75, 3.05) is 11.1 Å². The molecule has 0 saturated carbocycles. The molecule has 1 unspecified atom stereocenters. The molecule has 7 nitrogen and oxygen atoms in total. The molecule has 34 heavy (non-hydrogen) atoms. The highest BCUT2D eigenvalue weighted by Gasteiger charge is 2.24. The zero-order valence-electron chi connectivity index (χ0n) is 19.2. The third-order valence-electron chi connectivity index (χ3n) is 4.90. The third kappa shape index (κ3) is 6.77. The second-order valence-corrected chi connectivity index (χ2v) is 9.02. The highest BCUT2D eigenvalue weighted by Crippen LogP contribution is 2.26. The van der Waals surface area contributed by atoms with E-state index in [4.69, 9.17) is 0 Å². The fourth-order valence-electron chi connectivity index (χ4n) is 3.38. The predicted molar refractivity (Wildman–Crippen MR) is 132 cm³/mol. The summed E-state index contributed by atoms with van der Waals surface area (Å²) < 4.78 is 15.6. The van der Waals surface area contributed by atoms with Crippen LogP contribution in [-0.2, 0) is 11.3 Å². The Morgan fingerprint density at radius 1 is 1.12 bits per heavy atom. The molecule has 0 saturated heterocycles. The van der Waals surface area contributed by atoms with Gasteiger partial charge in [0.05, 0.1) is 17.5 Å². The molecule has 0 bridgehead atoms. The third-order valence-corrected chi connectivity index (χ3v) is 5.86. The lowest BCUT2D eigenvalue weighted by Gasteiger charge is -2.21. The van der Waals surface area contributed by atoms with Crippen LogP contribution >= 0.6 is 11.8 Å². The summed E-state index contributed by atoms with van der Waals surface area (Å²) in [5.74, 6) is -0.149. The first-order valence-corrected chi connectivity index (χ1v) is 11.9. The lowest BCUT2D eigenvalue weighted by Crippen LogP contribution is -2.31.